The van der Waals surface area contributed by atoms with Crippen molar-refractivity contribution < 1.29 is 0 Å². The van der Waals surface area contributed by atoms with Crippen LogP contribution >= 0.6 is 0 Å². The van der Waals surface area contributed by atoms with E-state index in [4.69, 9.17) is 0 Å². The monoisotopic (exact) mass is 218 g/mol. The highest BCUT2D eigenvalue weighted by Crippen LogP contribution is 2.13. The molecule has 0 aliphatic carbocycles. The average Bonchev–Trinajstić information content (AvgIpc) is 2.33. The van der Waals surface area contributed by atoms with Gasteiger partial charge < -0.3 is 4.90 Å². The topological polar surface area (TPSA) is 6.48 Å². The van der Waals surface area contributed by atoms with Crippen LogP contribution in [0.15, 0.2) is 30.3 Å². The maximum Gasteiger partial charge on any atom is 0.0237 e. The second kappa shape index (κ2) is 5.46. The van der Waals surface area contributed by atoms with Crippen LogP contribution in [0.1, 0.15) is 19.4 Å². The van der Waals surface area contributed by atoms with Crippen molar-refractivity contribution in [3.8, 4) is 0 Å². The van der Waals surface area contributed by atoms with E-state index < -0.39 is 0 Å². The van der Waals surface area contributed by atoms with Crippen molar-refractivity contribution in [1.82, 2.24) is 9.80 Å². The lowest BCUT2D eigenvalue weighted by atomic mass is 10.1. The minimum absolute atomic E-state index is 0.675. The lowest BCUT2D eigenvalue weighted by Crippen LogP contribution is -2.51. The molecule has 2 rings (SSSR count). The van der Waals surface area contributed by atoms with E-state index in [-0.39, 0.29) is 0 Å². The number of rotatable bonds is 3. The van der Waals surface area contributed by atoms with Crippen molar-refractivity contribution in [3.05, 3.63) is 35.9 Å². The highest BCUT2D eigenvalue weighted by Gasteiger charge is 2.22. The molecule has 1 heterocycles. The Kier molecular flexibility index (Phi) is 3.97. The van der Waals surface area contributed by atoms with Crippen LogP contribution in [0.4, 0.5) is 0 Å². The summed E-state index contributed by atoms with van der Waals surface area (Å²) in [4.78, 5) is 5.12. The van der Waals surface area contributed by atoms with Crippen LogP contribution in [0.25, 0.3) is 0 Å². The predicted octanol–water partition coefficient (Wildman–Crippen LogP) is 2.21. The van der Waals surface area contributed by atoms with Gasteiger partial charge in [-0.15, -0.1) is 0 Å². The standard InChI is InChI=1S/C14H22N2/c1-3-15-9-10-16(13(2)11-15)12-14-7-5-4-6-8-14/h4-8,13H,3,9-12H2,1-2H3. The normalized spacial score (nSPS) is 23.5. The molecule has 2 nitrogen and oxygen atoms in total. The molecule has 16 heavy (non-hydrogen) atoms. The van der Waals surface area contributed by atoms with E-state index in [1.54, 1.807) is 0 Å². The molecule has 1 unspecified atom stereocenters. The summed E-state index contributed by atoms with van der Waals surface area (Å²) in [6.07, 6.45) is 0. The molecule has 1 saturated heterocycles. The van der Waals surface area contributed by atoms with Gasteiger partial charge in [0.25, 0.3) is 0 Å². The summed E-state index contributed by atoms with van der Waals surface area (Å²) in [5, 5.41) is 0. The maximum atomic E-state index is 2.58. The number of piperazine rings is 1. The molecule has 88 valence electrons. The van der Waals surface area contributed by atoms with Gasteiger partial charge in [-0.25, -0.2) is 0 Å². The Hall–Kier alpha value is -0.860. The second-order valence-electron chi connectivity index (χ2n) is 4.70. The van der Waals surface area contributed by atoms with E-state index in [9.17, 15) is 0 Å². The molecule has 1 aromatic rings. The van der Waals surface area contributed by atoms with E-state index in [1.807, 2.05) is 0 Å². The summed E-state index contributed by atoms with van der Waals surface area (Å²) >= 11 is 0. The Bertz CT molecular complexity index is 310. The fourth-order valence-corrected chi connectivity index (χ4v) is 2.41. The van der Waals surface area contributed by atoms with Crippen LogP contribution in [0.5, 0.6) is 0 Å². The van der Waals surface area contributed by atoms with Gasteiger partial charge in [-0.2, -0.15) is 0 Å². The van der Waals surface area contributed by atoms with E-state index in [2.05, 4.69) is 54.0 Å². The molecule has 1 aliphatic rings. The van der Waals surface area contributed by atoms with E-state index >= 15 is 0 Å². The Morgan fingerprint density at radius 3 is 2.56 bits per heavy atom. The van der Waals surface area contributed by atoms with E-state index in [1.165, 1.54) is 31.7 Å². The molecule has 0 saturated carbocycles. The van der Waals surface area contributed by atoms with Gasteiger partial charge in [0.15, 0.2) is 0 Å². The lowest BCUT2D eigenvalue weighted by molar-refractivity contribution is 0.0812. The van der Waals surface area contributed by atoms with Crippen molar-refractivity contribution in [2.24, 2.45) is 0 Å². The molecule has 2 heteroatoms. The summed E-state index contributed by atoms with van der Waals surface area (Å²) in [5.74, 6) is 0. The van der Waals surface area contributed by atoms with Gasteiger partial charge in [0.2, 0.25) is 0 Å². The summed E-state index contributed by atoms with van der Waals surface area (Å²) in [5.41, 5.74) is 1.43. The predicted molar refractivity (Wildman–Crippen MR) is 68.4 cm³/mol. The molecular weight excluding hydrogens is 196 g/mol. The summed E-state index contributed by atoms with van der Waals surface area (Å²) < 4.78 is 0. The quantitative estimate of drug-likeness (QED) is 0.767. The number of hydrogen-bond acceptors (Lipinski definition) is 2. The number of hydrogen-bond donors (Lipinski definition) is 0. The van der Waals surface area contributed by atoms with Crippen LogP contribution in [-0.4, -0.2) is 42.0 Å². The van der Waals surface area contributed by atoms with Crippen LogP contribution in [0.2, 0.25) is 0 Å². The first-order chi connectivity index (χ1) is 7.79. The minimum Gasteiger partial charge on any atom is -0.301 e. The third-order valence-electron chi connectivity index (χ3n) is 3.52. The van der Waals surface area contributed by atoms with E-state index in [0.717, 1.165) is 6.54 Å². The smallest absolute Gasteiger partial charge is 0.0237 e. The maximum absolute atomic E-state index is 2.58. The first-order valence-corrected chi connectivity index (χ1v) is 6.30. The van der Waals surface area contributed by atoms with Gasteiger partial charge >= 0.3 is 0 Å². The molecule has 0 bridgehead atoms. The molecule has 1 atom stereocenters. The van der Waals surface area contributed by atoms with Gasteiger partial charge in [0, 0.05) is 32.2 Å². The first-order valence-electron chi connectivity index (χ1n) is 6.30. The van der Waals surface area contributed by atoms with Crippen LogP contribution in [0, 0.1) is 0 Å². The third-order valence-corrected chi connectivity index (χ3v) is 3.52. The van der Waals surface area contributed by atoms with E-state index in [0.29, 0.717) is 6.04 Å². The molecule has 0 spiro atoms. The Labute approximate surface area is 98.9 Å². The molecule has 0 N–H and O–H groups in total. The first kappa shape index (κ1) is 11.6. The van der Waals surface area contributed by atoms with Gasteiger partial charge in [0.05, 0.1) is 0 Å². The Morgan fingerprint density at radius 2 is 1.94 bits per heavy atom. The number of benzene rings is 1. The summed E-state index contributed by atoms with van der Waals surface area (Å²) in [7, 11) is 0. The van der Waals surface area contributed by atoms with Gasteiger partial charge in [-0.3, -0.25) is 4.90 Å². The largest absolute Gasteiger partial charge is 0.301 e. The highest BCUT2D eigenvalue weighted by atomic mass is 15.3. The van der Waals surface area contributed by atoms with Crippen molar-refractivity contribution in [3.63, 3.8) is 0 Å². The third kappa shape index (κ3) is 2.83. The molecule has 0 aromatic heterocycles. The zero-order chi connectivity index (χ0) is 11.4. The zero-order valence-corrected chi connectivity index (χ0v) is 10.4. The van der Waals surface area contributed by atoms with Crippen molar-refractivity contribution >= 4 is 0 Å². The fourth-order valence-electron chi connectivity index (χ4n) is 2.41. The number of nitrogens with zero attached hydrogens (tertiary/aromatic N) is 2. The van der Waals surface area contributed by atoms with Gasteiger partial charge in [-0.1, -0.05) is 37.3 Å². The second-order valence-corrected chi connectivity index (χ2v) is 4.70. The van der Waals surface area contributed by atoms with Gasteiger partial charge in [-0.05, 0) is 19.0 Å². The SMILES string of the molecule is CCN1CCN(Cc2ccccc2)C(C)C1. The Balaban J connectivity index is 1.92. The molecular formula is C14H22N2. The lowest BCUT2D eigenvalue weighted by Gasteiger charge is -2.39. The summed E-state index contributed by atoms with van der Waals surface area (Å²) in [6.45, 7) is 10.5. The molecule has 0 radical (unpaired) electrons. The van der Waals surface area contributed by atoms with Crippen molar-refractivity contribution in [1.29, 1.82) is 0 Å². The average molecular weight is 218 g/mol. The van der Waals surface area contributed by atoms with Crippen LogP contribution in [0.3, 0.4) is 0 Å². The summed E-state index contributed by atoms with van der Waals surface area (Å²) in [6, 6.07) is 11.5. The zero-order valence-electron chi connectivity index (χ0n) is 10.4. The van der Waals surface area contributed by atoms with Crippen molar-refractivity contribution in [2.45, 2.75) is 26.4 Å². The Morgan fingerprint density at radius 1 is 1.19 bits per heavy atom. The molecule has 1 fully saturated rings. The minimum atomic E-state index is 0.675. The molecule has 1 aromatic carbocycles. The van der Waals surface area contributed by atoms with Gasteiger partial charge in [0.1, 0.15) is 0 Å². The number of likely N-dealkylation sites (N-methyl/N-ethyl adjacent to an activating group) is 1. The van der Waals surface area contributed by atoms with Crippen molar-refractivity contribution in [2.75, 3.05) is 26.2 Å². The van der Waals surface area contributed by atoms with Crippen LogP contribution in [-0.2, 0) is 6.54 Å². The molecule has 1 aliphatic heterocycles. The fraction of sp³-hybridized carbons (Fsp3) is 0.571. The van der Waals surface area contributed by atoms with Crippen LogP contribution < -0.4 is 0 Å². The molecule has 0 amide bonds. The highest BCUT2D eigenvalue weighted by molar-refractivity contribution is 5.14.